The van der Waals surface area contributed by atoms with Gasteiger partial charge >= 0.3 is 0 Å². The number of nitrogens with one attached hydrogen (secondary N) is 1. The molecule has 104 valence electrons. The lowest BCUT2D eigenvalue weighted by Crippen LogP contribution is -2.13. The number of hydrogen-bond acceptors (Lipinski definition) is 2. The van der Waals surface area contributed by atoms with Crippen LogP contribution in [0.15, 0.2) is 49.8 Å². The molecule has 1 N–H and O–H groups in total. The summed E-state index contributed by atoms with van der Waals surface area (Å²) >= 11 is 10.1. The molecule has 0 aromatic heterocycles. The van der Waals surface area contributed by atoms with Crippen LogP contribution in [0.5, 0.6) is 5.75 Å². The minimum atomic E-state index is -0.225. The van der Waals surface area contributed by atoms with E-state index < -0.39 is 0 Å². The van der Waals surface area contributed by atoms with Gasteiger partial charge in [0.25, 0.3) is 5.91 Å². The van der Waals surface area contributed by atoms with Crippen molar-refractivity contribution in [3.05, 3.63) is 55.4 Å². The smallest absolute Gasteiger partial charge is 0.259 e. The number of anilines is 1. The fourth-order valence-electron chi connectivity index (χ4n) is 1.63. The van der Waals surface area contributed by atoms with Gasteiger partial charge in [0.2, 0.25) is 0 Å². The van der Waals surface area contributed by atoms with Crippen LogP contribution in [0.25, 0.3) is 0 Å². The lowest BCUT2D eigenvalue weighted by Gasteiger charge is -2.11. The summed E-state index contributed by atoms with van der Waals surface area (Å²) in [5, 5.41) is 2.85. The molecule has 0 spiro atoms. The average Bonchev–Trinajstić information content (AvgIpc) is 2.41. The molecule has 0 radical (unpaired) electrons. The molecule has 0 fully saturated rings. The number of amides is 1. The maximum atomic E-state index is 12.3. The normalized spacial score (nSPS) is 10.2. The van der Waals surface area contributed by atoms with Crippen molar-refractivity contribution in [3.8, 4) is 5.75 Å². The molecular formula is C14H10Br3NO2. The summed E-state index contributed by atoms with van der Waals surface area (Å²) in [4.78, 5) is 12.3. The third kappa shape index (κ3) is 3.62. The number of rotatable bonds is 3. The third-order valence-electron chi connectivity index (χ3n) is 2.59. The largest absolute Gasteiger partial charge is 0.496 e. The Hall–Kier alpha value is -0.850. The van der Waals surface area contributed by atoms with Crippen molar-refractivity contribution in [2.75, 3.05) is 12.4 Å². The van der Waals surface area contributed by atoms with Crippen LogP contribution in [-0.2, 0) is 0 Å². The summed E-state index contributed by atoms with van der Waals surface area (Å²) in [5.41, 5.74) is 1.17. The molecular weight excluding hydrogens is 454 g/mol. The fraction of sp³-hybridized carbons (Fsp3) is 0.0714. The Balaban J connectivity index is 2.28. The molecule has 0 heterocycles. The minimum absolute atomic E-state index is 0.225. The zero-order valence-corrected chi connectivity index (χ0v) is 15.2. The molecule has 0 aliphatic rings. The van der Waals surface area contributed by atoms with Crippen LogP contribution in [0, 0.1) is 0 Å². The van der Waals surface area contributed by atoms with Crippen LogP contribution in [0.4, 0.5) is 5.69 Å². The summed E-state index contributed by atoms with van der Waals surface area (Å²) in [6, 6.07) is 10.8. The van der Waals surface area contributed by atoms with E-state index in [0.29, 0.717) is 17.0 Å². The summed E-state index contributed by atoms with van der Waals surface area (Å²) in [5.74, 6) is 0.294. The second-order valence-corrected chi connectivity index (χ2v) is 6.61. The van der Waals surface area contributed by atoms with Crippen molar-refractivity contribution in [2.45, 2.75) is 0 Å². The van der Waals surface area contributed by atoms with Gasteiger partial charge in [-0.2, -0.15) is 0 Å². The van der Waals surface area contributed by atoms with Crippen LogP contribution in [0.1, 0.15) is 10.4 Å². The predicted octanol–water partition coefficient (Wildman–Crippen LogP) is 5.24. The molecule has 2 rings (SSSR count). The van der Waals surface area contributed by atoms with Gasteiger partial charge in [0.05, 0.1) is 18.4 Å². The molecule has 1 amide bonds. The van der Waals surface area contributed by atoms with E-state index >= 15 is 0 Å². The molecule has 3 nitrogen and oxygen atoms in total. The zero-order valence-electron chi connectivity index (χ0n) is 10.4. The van der Waals surface area contributed by atoms with Gasteiger partial charge in [0.1, 0.15) is 5.75 Å². The van der Waals surface area contributed by atoms with Crippen molar-refractivity contribution >= 4 is 59.4 Å². The Bertz CT molecular complexity index is 659. The molecule has 6 heteroatoms. The van der Waals surface area contributed by atoms with Crippen LogP contribution >= 0.6 is 47.8 Å². The number of halogens is 3. The Kier molecular flexibility index (Phi) is 5.23. The van der Waals surface area contributed by atoms with Crippen molar-refractivity contribution in [1.29, 1.82) is 0 Å². The summed E-state index contributed by atoms with van der Waals surface area (Å²) in [6.45, 7) is 0. The highest BCUT2D eigenvalue weighted by Crippen LogP contribution is 2.28. The topological polar surface area (TPSA) is 38.3 Å². The van der Waals surface area contributed by atoms with Crippen LogP contribution < -0.4 is 10.1 Å². The van der Waals surface area contributed by atoms with Crippen LogP contribution in [0.2, 0.25) is 0 Å². The Morgan fingerprint density at radius 3 is 2.35 bits per heavy atom. The first-order valence-electron chi connectivity index (χ1n) is 5.61. The standard InChI is InChI=1S/C14H10Br3NO2/c1-20-13-7-9(16)2-4-10(13)14(19)18-12-5-3-8(15)6-11(12)17/h2-7H,1H3,(H,18,19). The van der Waals surface area contributed by atoms with Gasteiger partial charge in [-0.3, -0.25) is 4.79 Å². The molecule has 0 saturated carbocycles. The van der Waals surface area contributed by atoms with Crippen molar-refractivity contribution in [1.82, 2.24) is 0 Å². The maximum absolute atomic E-state index is 12.3. The van der Waals surface area contributed by atoms with Crippen molar-refractivity contribution < 1.29 is 9.53 Å². The van der Waals surface area contributed by atoms with E-state index in [2.05, 4.69) is 53.1 Å². The highest BCUT2D eigenvalue weighted by Gasteiger charge is 2.14. The van der Waals surface area contributed by atoms with Gasteiger partial charge in [-0.05, 0) is 52.3 Å². The van der Waals surface area contributed by atoms with Gasteiger partial charge in [0.15, 0.2) is 0 Å². The minimum Gasteiger partial charge on any atom is -0.496 e. The number of ether oxygens (including phenoxy) is 1. The average molecular weight is 464 g/mol. The maximum Gasteiger partial charge on any atom is 0.259 e. The van der Waals surface area contributed by atoms with Gasteiger partial charge in [0, 0.05) is 13.4 Å². The fourth-order valence-corrected chi connectivity index (χ4v) is 3.12. The Morgan fingerprint density at radius 1 is 1.05 bits per heavy atom. The molecule has 2 aromatic rings. The SMILES string of the molecule is COc1cc(Br)ccc1C(=O)Nc1ccc(Br)cc1Br. The van der Waals surface area contributed by atoms with E-state index in [0.717, 1.165) is 13.4 Å². The quantitative estimate of drug-likeness (QED) is 0.676. The lowest BCUT2D eigenvalue weighted by molar-refractivity contribution is 0.102. The van der Waals surface area contributed by atoms with Gasteiger partial charge < -0.3 is 10.1 Å². The second kappa shape index (κ2) is 6.74. The number of hydrogen-bond donors (Lipinski definition) is 1. The van der Waals surface area contributed by atoms with E-state index in [1.165, 1.54) is 7.11 Å². The lowest BCUT2D eigenvalue weighted by atomic mass is 10.2. The predicted molar refractivity (Wildman–Crippen MR) is 90.5 cm³/mol. The number of carbonyl (C=O) groups excluding carboxylic acids is 1. The monoisotopic (exact) mass is 461 g/mol. The summed E-state index contributed by atoms with van der Waals surface area (Å²) in [7, 11) is 1.54. The van der Waals surface area contributed by atoms with E-state index in [9.17, 15) is 4.79 Å². The Labute approximate surface area is 142 Å². The molecule has 0 unspecified atom stereocenters. The zero-order chi connectivity index (χ0) is 14.7. The second-order valence-electron chi connectivity index (χ2n) is 3.92. The molecule has 2 aromatic carbocycles. The van der Waals surface area contributed by atoms with Crippen molar-refractivity contribution in [2.24, 2.45) is 0 Å². The van der Waals surface area contributed by atoms with Gasteiger partial charge in [-0.25, -0.2) is 0 Å². The molecule has 0 aliphatic carbocycles. The van der Waals surface area contributed by atoms with Crippen LogP contribution in [-0.4, -0.2) is 13.0 Å². The Morgan fingerprint density at radius 2 is 1.70 bits per heavy atom. The van der Waals surface area contributed by atoms with Crippen LogP contribution in [0.3, 0.4) is 0 Å². The van der Waals surface area contributed by atoms with E-state index in [4.69, 9.17) is 4.74 Å². The molecule has 0 saturated heterocycles. The first-order chi connectivity index (χ1) is 9.51. The van der Waals surface area contributed by atoms with Gasteiger partial charge in [-0.1, -0.05) is 31.9 Å². The highest BCUT2D eigenvalue weighted by molar-refractivity contribution is 9.11. The highest BCUT2D eigenvalue weighted by atomic mass is 79.9. The molecule has 0 bridgehead atoms. The van der Waals surface area contributed by atoms with E-state index in [-0.39, 0.29) is 5.91 Å². The number of carbonyl (C=O) groups is 1. The van der Waals surface area contributed by atoms with Gasteiger partial charge in [-0.15, -0.1) is 0 Å². The number of benzene rings is 2. The third-order valence-corrected chi connectivity index (χ3v) is 4.23. The number of methoxy groups -OCH3 is 1. The van der Waals surface area contributed by atoms with E-state index in [1.54, 1.807) is 18.2 Å². The summed E-state index contributed by atoms with van der Waals surface area (Å²) < 4.78 is 7.82. The molecule has 0 aliphatic heterocycles. The molecule has 0 atom stereocenters. The first kappa shape index (κ1) is 15.5. The molecule has 20 heavy (non-hydrogen) atoms. The first-order valence-corrected chi connectivity index (χ1v) is 7.99. The van der Waals surface area contributed by atoms with E-state index in [1.807, 2.05) is 18.2 Å². The summed E-state index contributed by atoms with van der Waals surface area (Å²) in [6.07, 6.45) is 0. The van der Waals surface area contributed by atoms with Crippen molar-refractivity contribution in [3.63, 3.8) is 0 Å².